The van der Waals surface area contributed by atoms with Crippen molar-refractivity contribution in [2.24, 2.45) is 5.92 Å². The molecule has 8 heteroatoms. The van der Waals surface area contributed by atoms with E-state index < -0.39 is 10.1 Å². The van der Waals surface area contributed by atoms with Crippen LogP contribution in [0.3, 0.4) is 0 Å². The maximum atomic E-state index is 11.9. The smallest absolute Gasteiger partial charge is 0.264 e. The van der Waals surface area contributed by atoms with E-state index in [9.17, 15) is 8.42 Å². The van der Waals surface area contributed by atoms with Crippen LogP contribution < -0.4 is 4.74 Å². The van der Waals surface area contributed by atoms with Gasteiger partial charge in [-0.15, -0.1) is 0 Å². The fourth-order valence-corrected chi connectivity index (χ4v) is 5.10. The predicted molar refractivity (Wildman–Crippen MR) is 101 cm³/mol. The summed E-state index contributed by atoms with van der Waals surface area (Å²) in [5.41, 5.74) is 2.90. The largest absolute Gasteiger partial charge is 0.481 e. The Hall–Kier alpha value is -1.93. The van der Waals surface area contributed by atoms with E-state index in [1.807, 2.05) is 18.3 Å². The predicted octanol–water partition coefficient (Wildman–Crippen LogP) is 3.17. The summed E-state index contributed by atoms with van der Waals surface area (Å²) in [4.78, 5) is 8.93. The minimum atomic E-state index is -3.54. The average molecular weight is 391 g/mol. The van der Waals surface area contributed by atoms with Gasteiger partial charge < -0.3 is 9.30 Å². The van der Waals surface area contributed by atoms with Crippen molar-refractivity contribution in [1.29, 1.82) is 0 Å². The molecule has 0 bridgehead atoms. The van der Waals surface area contributed by atoms with Crippen molar-refractivity contribution >= 4 is 10.1 Å². The number of rotatable bonds is 6. The van der Waals surface area contributed by atoms with Gasteiger partial charge in [0.2, 0.25) is 5.88 Å². The van der Waals surface area contributed by atoms with Crippen LogP contribution in [0.5, 0.6) is 5.88 Å². The third-order valence-electron chi connectivity index (χ3n) is 5.63. The first-order valence-corrected chi connectivity index (χ1v) is 11.2. The molecule has 0 aromatic carbocycles. The van der Waals surface area contributed by atoms with E-state index in [0.717, 1.165) is 48.9 Å². The fourth-order valence-electron chi connectivity index (χ4n) is 4.42. The molecular formula is C19H25N3O4S. The Balaban J connectivity index is 1.68. The van der Waals surface area contributed by atoms with Crippen molar-refractivity contribution < 1.29 is 17.3 Å². The molecule has 2 unspecified atom stereocenters. The summed E-state index contributed by atoms with van der Waals surface area (Å²) in [6, 6.07) is 3.72. The van der Waals surface area contributed by atoms with Gasteiger partial charge in [-0.2, -0.15) is 8.42 Å². The molecule has 27 heavy (non-hydrogen) atoms. The van der Waals surface area contributed by atoms with Gasteiger partial charge in [0.15, 0.2) is 0 Å². The third-order valence-corrected chi connectivity index (χ3v) is 6.23. The van der Waals surface area contributed by atoms with Crippen molar-refractivity contribution in [3.63, 3.8) is 0 Å². The normalized spacial score (nSPS) is 20.9. The number of hydrogen-bond acceptors (Lipinski definition) is 6. The summed E-state index contributed by atoms with van der Waals surface area (Å²) in [6.07, 6.45) is 10.4. The number of fused-ring (bicyclic) bond motifs is 3. The van der Waals surface area contributed by atoms with Crippen LogP contribution in [-0.4, -0.2) is 42.4 Å². The van der Waals surface area contributed by atoms with Crippen LogP contribution >= 0.6 is 0 Å². The van der Waals surface area contributed by atoms with E-state index in [2.05, 4.69) is 14.5 Å². The van der Waals surface area contributed by atoms with E-state index in [4.69, 9.17) is 8.92 Å². The van der Waals surface area contributed by atoms with Gasteiger partial charge in [0.1, 0.15) is 0 Å². The first-order valence-electron chi connectivity index (χ1n) is 9.41. The lowest BCUT2D eigenvalue weighted by atomic mass is 9.83. The average Bonchev–Trinajstić information content (AvgIpc) is 3.23. The zero-order chi connectivity index (χ0) is 19.0. The van der Waals surface area contributed by atoms with Crippen LogP contribution in [0.15, 0.2) is 24.7 Å². The maximum Gasteiger partial charge on any atom is 0.264 e. The molecule has 4 rings (SSSR count). The van der Waals surface area contributed by atoms with E-state index in [1.54, 1.807) is 13.4 Å². The van der Waals surface area contributed by atoms with Crippen molar-refractivity contribution in [2.45, 2.75) is 50.7 Å². The highest BCUT2D eigenvalue weighted by Gasteiger charge is 2.36. The Morgan fingerprint density at radius 2 is 2.04 bits per heavy atom. The second-order valence-electron chi connectivity index (χ2n) is 7.46. The SMILES string of the molecule is COc1ccc2c(n1)C(CC(OS(C)(=O)=O)C1CCCCC1)n1cncc1-2. The van der Waals surface area contributed by atoms with Crippen LogP contribution in [0.1, 0.15) is 50.3 Å². The van der Waals surface area contributed by atoms with Crippen LogP contribution in [0.25, 0.3) is 11.3 Å². The third kappa shape index (κ3) is 3.73. The van der Waals surface area contributed by atoms with Crippen LogP contribution in [0, 0.1) is 5.92 Å². The molecule has 1 aliphatic carbocycles. The molecule has 0 spiro atoms. The Bertz CT molecular complexity index is 919. The summed E-state index contributed by atoms with van der Waals surface area (Å²) in [7, 11) is -1.94. The van der Waals surface area contributed by atoms with Crippen LogP contribution in [0.4, 0.5) is 0 Å². The van der Waals surface area contributed by atoms with Crippen LogP contribution in [-0.2, 0) is 14.3 Å². The zero-order valence-electron chi connectivity index (χ0n) is 15.7. The van der Waals surface area contributed by atoms with E-state index in [1.165, 1.54) is 6.42 Å². The molecule has 0 radical (unpaired) electrons. The van der Waals surface area contributed by atoms with E-state index in [0.29, 0.717) is 12.3 Å². The van der Waals surface area contributed by atoms with Gasteiger partial charge >= 0.3 is 0 Å². The number of hydrogen-bond donors (Lipinski definition) is 0. The Morgan fingerprint density at radius 1 is 1.26 bits per heavy atom. The molecule has 1 aliphatic heterocycles. The molecule has 7 nitrogen and oxygen atoms in total. The molecular weight excluding hydrogens is 366 g/mol. The Labute approximate surface area is 159 Å². The maximum absolute atomic E-state index is 11.9. The number of nitrogens with zero attached hydrogens (tertiary/aromatic N) is 3. The van der Waals surface area contributed by atoms with Crippen molar-refractivity contribution in [3.05, 3.63) is 30.4 Å². The second-order valence-corrected chi connectivity index (χ2v) is 9.06. The molecule has 0 amide bonds. The lowest BCUT2D eigenvalue weighted by molar-refractivity contribution is 0.0971. The van der Waals surface area contributed by atoms with Crippen molar-refractivity contribution in [3.8, 4) is 17.1 Å². The first kappa shape index (κ1) is 18.4. The number of pyridine rings is 1. The minimum absolute atomic E-state index is 0.110. The number of imidazole rings is 1. The molecule has 146 valence electrons. The minimum Gasteiger partial charge on any atom is -0.481 e. The summed E-state index contributed by atoms with van der Waals surface area (Å²) in [5.74, 6) is 0.797. The lowest BCUT2D eigenvalue weighted by Gasteiger charge is -2.31. The molecule has 1 fully saturated rings. The first-order chi connectivity index (χ1) is 13.0. The van der Waals surface area contributed by atoms with Crippen LogP contribution in [0.2, 0.25) is 0 Å². The summed E-state index contributed by atoms with van der Waals surface area (Å²) >= 11 is 0. The molecule has 2 aromatic heterocycles. The quantitative estimate of drug-likeness (QED) is 0.704. The highest BCUT2D eigenvalue weighted by Crippen LogP contribution is 2.43. The van der Waals surface area contributed by atoms with E-state index >= 15 is 0 Å². The topological polar surface area (TPSA) is 83.3 Å². The van der Waals surface area contributed by atoms with E-state index in [-0.39, 0.29) is 18.1 Å². The molecule has 2 aromatic rings. The number of aromatic nitrogens is 3. The molecule has 3 heterocycles. The van der Waals surface area contributed by atoms with Crippen molar-refractivity contribution in [2.75, 3.05) is 13.4 Å². The number of ether oxygens (including phenoxy) is 1. The zero-order valence-corrected chi connectivity index (χ0v) is 16.5. The highest BCUT2D eigenvalue weighted by atomic mass is 32.2. The number of methoxy groups -OCH3 is 1. The molecule has 2 atom stereocenters. The lowest BCUT2D eigenvalue weighted by Crippen LogP contribution is -2.31. The van der Waals surface area contributed by atoms with Gasteiger partial charge in [-0.25, -0.2) is 9.97 Å². The second kappa shape index (κ2) is 7.24. The monoisotopic (exact) mass is 391 g/mol. The van der Waals surface area contributed by atoms with Crippen molar-refractivity contribution in [1.82, 2.24) is 14.5 Å². The molecule has 1 saturated carbocycles. The van der Waals surface area contributed by atoms with Gasteiger partial charge in [-0.05, 0) is 24.8 Å². The van der Waals surface area contributed by atoms with Gasteiger partial charge in [0.05, 0.1) is 49.4 Å². The van der Waals surface area contributed by atoms with Gasteiger partial charge in [0.25, 0.3) is 10.1 Å². The van der Waals surface area contributed by atoms with Gasteiger partial charge in [-0.3, -0.25) is 4.18 Å². The highest BCUT2D eigenvalue weighted by molar-refractivity contribution is 7.86. The fraction of sp³-hybridized carbons (Fsp3) is 0.579. The van der Waals surface area contributed by atoms with Gasteiger partial charge in [-0.1, -0.05) is 19.3 Å². The Morgan fingerprint density at radius 3 is 2.74 bits per heavy atom. The molecule has 2 aliphatic rings. The Kier molecular flexibility index (Phi) is 4.94. The van der Waals surface area contributed by atoms with Gasteiger partial charge in [0, 0.05) is 18.1 Å². The molecule has 0 saturated heterocycles. The standard InChI is InChI=1S/C19H25N3O4S/c1-25-18-9-8-14-16-11-20-12-22(16)15(19(14)21-18)10-17(26-27(2,23)24)13-6-4-3-5-7-13/h8-9,11-13,15,17H,3-7,10H2,1-2H3. The summed E-state index contributed by atoms with van der Waals surface area (Å²) < 4.78 is 36.8. The molecule has 0 N–H and O–H groups in total. The summed E-state index contributed by atoms with van der Waals surface area (Å²) in [5, 5.41) is 0. The summed E-state index contributed by atoms with van der Waals surface area (Å²) in [6.45, 7) is 0.